The number of hydrogen-bond donors (Lipinski definition) is 7. The van der Waals surface area contributed by atoms with Crippen molar-refractivity contribution >= 4 is 0 Å². The molecule has 14 bridgehead atoms. The summed E-state index contributed by atoms with van der Waals surface area (Å²) in [6.07, 6.45) is 1.57. The van der Waals surface area contributed by atoms with Crippen LogP contribution < -0.4 is 0 Å². The van der Waals surface area contributed by atoms with Crippen molar-refractivity contribution in [1.82, 2.24) is 4.90 Å². The Bertz CT molecular complexity index is 2860. The molecule has 7 aromatic rings. The van der Waals surface area contributed by atoms with E-state index in [0.717, 1.165) is 50.1 Å². The van der Waals surface area contributed by atoms with Gasteiger partial charge in [0, 0.05) is 62.7 Å². The Morgan fingerprint density at radius 1 is 0.242 bits per heavy atom. The molecular formula is C58H61NO7. The molecule has 1 aliphatic heterocycles. The van der Waals surface area contributed by atoms with Crippen molar-refractivity contribution < 1.29 is 35.7 Å². The van der Waals surface area contributed by atoms with Crippen LogP contribution in [0.3, 0.4) is 0 Å². The van der Waals surface area contributed by atoms with Gasteiger partial charge in [-0.15, -0.1) is 0 Å². The minimum absolute atomic E-state index is 0.0869. The van der Waals surface area contributed by atoms with E-state index in [-0.39, 0.29) is 78.8 Å². The SMILES string of the molecule is Cc1cc2c(O)c(c1)Cc1cc(C)cc(c1O)Cc1cc(C)cc(c1O)Cc1cc(C)cc(c1O)CN(C)Cc1cc(C)cc(c1O)Cc1cc(C)cc(c1O)Cc1cc(C)cc(c1O)C2. The third-order valence-electron chi connectivity index (χ3n) is 13.1. The molecule has 0 spiro atoms. The first-order valence-corrected chi connectivity index (χ1v) is 22.7. The summed E-state index contributed by atoms with van der Waals surface area (Å²) in [5, 5.41) is 82.9. The van der Waals surface area contributed by atoms with Gasteiger partial charge in [-0.1, -0.05) is 124 Å². The molecule has 0 saturated heterocycles. The normalized spacial score (nSPS) is 13.6. The largest absolute Gasteiger partial charge is 0.507 e. The molecule has 8 rings (SSSR count). The molecule has 0 unspecified atom stereocenters. The molecule has 0 aliphatic carbocycles. The van der Waals surface area contributed by atoms with Crippen LogP contribution in [0, 0.1) is 48.5 Å². The van der Waals surface area contributed by atoms with Gasteiger partial charge in [0.1, 0.15) is 40.2 Å². The topological polar surface area (TPSA) is 145 Å². The van der Waals surface area contributed by atoms with E-state index in [4.69, 9.17) is 0 Å². The van der Waals surface area contributed by atoms with Crippen LogP contribution in [-0.4, -0.2) is 47.7 Å². The summed E-state index contributed by atoms with van der Waals surface area (Å²) in [5.41, 5.74) is 15.8. The van der Waals surface area contributed by atoms with Gasteiger partial charge in [0.25, 0.3) is 0 Å². The van der Waals surface area contributed by atoms with Crippen molar-refractivity contribution in [2.24, 2.45) is 0 Å². The second-order valence-electron chi connectivity index (χ2n) is 19.3. The lowest BCUT2D eigenvalue weighted by Crippen LogP contribution is -2.18. The molecule has 8 nitrogen and oxygen atoms in total. The highest BCUT2D eigenvalue weighted by molar-refractivity contribution is 5.58. The maximum atomic E-state index is 11.9. The van der Waals surface area contributed by atoms with Crippen molar-refractivity contribution in [2.45, 2.75) is 100 Å². The fraction of sp³-hybridized carbons (Fsp3) is 0.276. The van der Waals surface area contributed by atoms with Crippen molar-refractivity contribution in [3.05, 3.63) is 202 Å². The van der Waals surface area contributed by atoms with Gasteiger partial charge in [-0.3, -0.25) is 4.90 Å². The van der Waals surface area contributed by atoms with Gasteiger partial charge >= 0.3 is 0 Å². The van der Waals surface area contributed by atoms with Crippen LogP contribution in [0.1, 0.15) is 117 Å². The van der Waals surface area contributed by atoms with E-state index in [0.29, 0.717) is 79.9 Å². The number of nitrogens with zero attached hydrogens (tertiary/aromatic N) is 1. The molecule has 0 amide bonds. The molecule has 66 heavy (non-hydrogen) atoms. The Hall–Kier alpha value is -6.90. The number of phenolic OH excluding ortho intramolecular Hbond substituents is 7. The number of fused-ring (bicyclic) bond motifs is 14. The summed E-state index contributed by atoms with van der Waals surface area (Å²) >= 11 is 0. The Labute approximate surface area is 388 Å². The number of aryl methyl sites for hydroxylation is 7. The zero-order valence-corrected chi connectivity index (χ0v) is 39.3. The van der Waals surface area contributed by atoms with Crippen LogP contribution in [0.2, 0.25) is 0 Å². The average Bonchev–Trinajstić information content (AvgIpc) is 3.23. The van der Waals surface area contributed by atoms with E-state index in [1.165, 1.54) is 0 Å². The van der Waals surface area contributed by atoms with Gasteiger partial charge in [-0.05, 0) is 122 Å². The molecule has 0 atom stereocenters. The number of rotatable bonds is 0. The van der Waals surface area contributed by atoms with Crippen LogP contribution in [0.25, 0.3) is 0 Å². The maximum absolute atomic E-state index is 11.9. The van der Waals surface area contributed by atoms with Gasteiger partial charge < -0.3 is 35.7 Å². The minimum atomic E-state index is 0.0869. The van der Waals surface area contributed by atoms with E-state index in [1.54, 1.807) is 0 Å². The quantitative estimate of drug-likeness (QED) is 0.0797. The smallest absolute Gasteiger partial charge is 0.123 e. The Morgan fingerprint density at radius 3 is 0.515 bits per heavy atom. The first-order valence-electron chi connectivity index (χ1n) is 22.7. The molecule has 8 heteroatoms. The second kappa shape index (κ2) is 18.2. The van der Waals surface area contributed by atoms with E-state index >= 15 is 0 Å². The highest BCUT2D eigenvalue weighted by atomic mass is 16.3. The zero-order valence-electron chi connectivity index (χ0n) is 39.3. The molecule has 0 aromatic heterocycles. The Balaban J connectivity index is 1.26. The molecule has 0 radical (unpaired) electrons. The predicted molar refractivity (Wildman–Crippen MR) is 262 cm³/mol. The summed E-state index contributed by atoms with van der Waals surface area (Å²) in [6, 6.07) is 27.1. The summed E-state index contributed by atoms with van der Waals surface area (Å²) in [5.74, 6) is 0.770. The van der Waals surface area contributed by atoms with E-state index in [1.807, 2.05) is 145 Å². The first-order chi connectivity index (χ1) is 31.3. The predicted octanol–water partition coefficient (Wildman–Crippen LogP) is 11.3. The van der Waals surface area contributed by atoms with Crippen LogP contribution in [0.4, 0.5) is 0 Å². The fourth-order valence-electron chi connectivity index (χ4n) is 10.3. The molecule has 0 saturated carbocycles. The Morgan fingerprint density at radius 2 is 0.364 bits per heavy atom. The average molecular weight is 884 g/mol. The highest BCUT2D eigenvalue weighted by Crippen LogP contribution is 2.40. The van der Waals surface area contributed by atoms with E-state index in [2.05, 4.69) is 0 Å². The summed E-state index contributed by atoms with van der Waals surface area (Å²) in [4.78, 5) is 2.05. The molecule has 0 fully saturated rings. The second-order valence-corrected chi connectivity index (χ2v) is 19.3. The fourth-order valence-corrected chi connectivity index (χ4v) is 10.3. The third kappa shape index (κ3) is 9.56. The van der Waals surface area contributed by atoms with Gasteiger partial charge in [0.05, 0.1) is 0 Å². The number of phenols is 7. The molecule has 1 heterocycles. The van der Waals surface area contributed by atoms with Crippen molar-refractivity contribution in [3.63, 3.8) is 0 Å². The highest BCUT2D eigenvalue weighted by Gasteiger charge is 2.22. The van der Waals surface area contributed by atoms with Crippen LogP contribution in [-0.2, 0) is 51.6 Å². The summed E-state index contributed by atoms with van der Waals surface area (Å²) in [6.45, 7) is 14.6. The van der Waals surface area contributed by atoms with Gasteiger partial charge in [-0.25, -0.2) is 0 Å². The lowest BCUT2D eigenvalue weighted by atomic mass is 9.89. The molecule has 340 valence electrons. The zero-order chi connectivity index (χ0) is 47.3. The Kier molecular flexibility index (Phi) is 12.6. The molecular weight excluding hydrogens is 823 g/mol. The van der Waals surface area contributed by atoms with Crippen molar-refractivity contribution in [3.8, 4) is 40.2 Å². The lowest BCUT2D eigenvalue weighted by Gasteiger charge is -2.22. The van der Waals surface area contributed by atoms with Crippen molar-refractivity contribution in [1.29, 1.82) is 0 Å². The number of hydrogen-bond acceptors (Lipinski definition) is 8. The number of benzene rings is 7. The van der Waals surface area contributed by atoms with Gasteiger partial charge in [-0.2, -0.15) is 0 Å². The van der Waals surface area contributed by atoms with E-state index < -0.39 is 0 Å². The lowest BCUT2D eigenvalue weighted by molar-refractivity contribution is 0.306. The molecule has 7 aromatic carbocycles. The summed E-state index contributed by atoms with van der Waals surface area (Å²) in [7, 11) is 1.95. The number of aromatic hydroxyl groups is 7. The van der Waals surface area contributed by atoms with E-state index in [9.17, 15) is 35.7 Å². The van der Waals surface area contributed by atoms with Crippen LogP contribution in [0.15, 0.2) is 84.9 Å². The standard InChI is InChI=1S/C58H61NO7/c1-31-9-38-23-40-11-32(2)13-42(53(40)61)25-44-15-34(4)17-46(55(44)63)27-48-19-36(6)21-50(57(48)65)29-59(8)30-51-22-37(7)20-49(58(51)66)28-47-18-35(5)16-45(56(47)64)26-43-14-33(3)12-41(54(43)62)24-39(10-31)52(38)60/h9-22,60-66H,23-30H2,1-8H3. The van der Waals surface area contributed by atoms with Gasteiger partial charge in [0.2, 0.25) is 0 Å². The third-order valence-corrected chi connectivity index (χ3v) is 13.1. The van der Waals surface area contributed by atoms with Crippen molar-refractivity contribution in [2.75, 3.05) is 7.05 Å². The van der Waals surface area contributed by atoms with Gasteiger partial charge in [0.15, 0.2) is 0 Å². The van der Waals surface area contributed by atoms with Crippen LogP contribution in [0.5, 0.6) is 40.2 Å². The monoisotopic (exact) mass is 883 g/mol. The minimum Gasteiger partial charge on any atom is -0.507 e. The maximum Gasteiger partial charge on any atom is 0.123 e. The first kappa shape index (κ1) is 45.7. The molecule has 7 N–H and O–H groups in total. The summed E-state index contributed by atoms with van der Waals surface area (Å²) < 4.78 is 0. The van der Waals surface area contributed by atoms with Crippen LogP contribution >= 0.6 is 0 Å². The molecule has 1 aliphatic rings.